The molecule has 2 aliphatic carbocycles. The second-order valence-electron chi connectivity index (χ2n) is 6.70. The Bertz CT molecular complexity index is 777. The Balaban J connectivity index is 1.37. The number of rotatable bonds is 3. The molecule has 1 aliphatic heterocycles. The fraction of sp³-hybridized carbons (Fsp3) is 0.562. The summed E-state index contributed by atoms with van der Waals surface area (Å²) >= 11 is 0. The quantitative estimate of drug-likeness (QED) is 0.858. The molecule has 7 nitrogen and oxygen atoms in total. The summed E-state index contributed by atoms with van der Waals surface area (Å²) in [6.45, 7) is 1.98. The van der Waals surface area contributed by atoms with Gasteiger partial charge in [-0.05, 0) is 31.7 Å². The van der Waals surface area contributed by atoms with Crippen LogP contribution in [0.1, 0.15) is 65.5 Å². The van der Waals surface area contributed by atoms with Gasteiger partial charge in [0.25, 0.3) is 5.91 Å². The lowest BCUT2D eigenvalue weighted by atomic mass is 10.2. The van der Waals surface area contributed by atoms with Crippen LogP contribution in [-0.4, -0.2) is 42.1 Å². The van der Waals surface area contributed by atoms with Crippen molar-refractivity contribution in [2.24, 2.45) is 0 Å². The van der Waals surface area contributed by atoms with Gasteiger partial charge in [-0.3, -0.25) is 4.79 Å². The number of hydrogen-bond donors (Lipinski definition) is 0. The van der Waals surface area contributed by atoms with E-state index in [1.54, 1.807) is 12.3 Å². The van der Waals surface area contributed by atoms with Crippen LogP contribution in [0.15, 0.2) is 12.3 Å². The molecule has 0 atom stereocenters. The summed E-state index contributed by atoms with van der Waals surface area (Å²) in [5, 5.41) is 8.61. The van der Waals surface area contributed by atoms with Gasteiger partial charge in [-0.2, -0.15) is 0 Å². The average Bonchev–Trinajstić information content (AvgIpc) is 3.51. The molecule has 0 unspecified atom stereocenters. The standard InChI is InChI=1S/C16H18N6O/c23-16(12-5-6-17-14(18-12)10-1-2-10)21-7-8-22-13(9-21)19-20-15(22)11-3-4-11/h5-6,10-11H,1-4,7-9H2. The van der Waals surface area contributed by atoms with Gasteiger partial charge in [0.1, 0.15) is 17.3 Å². The van der Waals surface area contributed by atoms with Crippen LogP contribution in [0.5, 0.6) is 0 Å². The highest BCUT2D eigenvalue weighted by molar-refractivity contribution is 5.92. The van der Waals surface area contributed by atoms with Crippen molar-refractivity contribution in [2.75, 3.05) is 6.54 Å². The molecule has 0 radical (unpaired) electrons. The molecule has 118 valence electrons. The summed E-state index contributed by atoms with van der Waals surface area (Å²) < 4.78 is 2.19. The lowest BCUT2D eigenvalue weighted by Gasteiger charge is -2.27. The Morgan fingerprint density at radius 3 is 2.70 bits per heavy atom. The molecule has 2 saturated carbocycles. The van der Waals surface area contributed by atoms with E-state index < -0.39 is 0 Å². The molecule has 0 spiro atoms. The first kappa shape index (κ1) is 13.2. The van der Waals surface area contributed by atoms with Crippen molar-refractivity contribution in [2.45, 2.75) is 50.6 Å². The number of fused-ring (bicyclic) bond motifs is 1. The molecule has 0 aromatic carbocycles. The summed E-state index contributed by atoms with van der Waals surface area (Å²) in [5.41, 5.74) is 0.497. The number of carbonyl (C=O) groups excluding carboxylic acids is 1. The minimum Gasteiger partial charge on any atom is -0.328 e. The van der Waals surface area contributed by atoms with Gasteiger partial charge in [-0.25, -0.2) is 9.97 Å². The van der Waals surface area contributed by atoms with Crippen LogP contribution in [0.25, 0.3) is 0 Å². The number of hydrogen-bond acceptors (Lipinski definition) is 5. The third kappa shape index (κ3) is 2.31. The Labute approximate surface area is 133 Å². The van der Waals surface area contributed by atoms with Gasteiger partial charge in [0.2, 0.25) is 0 Å². The van der Waals surface area contributed by atoms with Crippen LogP contribution in [0, 0.1) is 0 Å². The maximum atomic E-state index is 12.7. The molecule has 2 aromatic heterocycles. The molecule has 2 fully saturated rings. The highest BCUT2D eigenvalue weighted by Crippen LogP contribution is 2.40. The van der Waals surface area contributed by atoms with Gasteiger partial charge >= 0.3 is 0 Å². The molecule has 0 bridgehead atoms. The number of nitrogens with zero attached hydrogens (tertiary/aromatic N) is 6. The van der Waals surface area contributed by atoms with Crippen molar-refractivity contribution >= 4 is 5.91 Å². The van der Waals surface area contributed by atoms with Crippen LogP contribution in [0.3, 0.4) is 0 Å². The summed E-state index contributed by atoms with van der Waals surface area (Å²) in [7, 11) is 0. The fourth-order valence-electron chi connectivity index (χ4n) is 3.19. The van der Waals surface area contributed by atoms with Crippen LogP contribution in [-0.2, 0) is 13.1 Å². The topological polar surface area (TPSA) is 76.8 Å². The van der Waals surface area contributed by atoms with E-state index in [0.717, 1.165) is 36.9 Å². The lowest BCUT2D eigenvalue weighted by Crippen LogP contribution is -2.39. The first-order chi connectivity index (χ1) is 11.3. The van der Waals surface area contributed by atoms with Gasteiger partial charge in [0.15, 0.2) is 5.82 Å². The van der Waals surface area contributed by atoms with Gasteiger partial charge in [-0.1, -0.05) is 0 Å². The third-order valence-corrected chi connectivity index (χ3v) is 4.85. The predicted octanol–water partition coefficient (Wildman–Crippen LogP) is 1.48. The number of aromatic nitrogens is 5. The van der Waals surface area contributed by atoms with Crippen molar-refractivity contribution in [3.05, 3.63) is 35.4 Å². The zero-order valence-corrected chi connectivity index (χ0v) is 12.9. The fourth-order valence-corrected chi connectivity index (χ4v) is 3.19. The first-order valence-corrected chi connectivity index (χ1v) is 8.34. The average molecular weight is 310 g/mol. The molecule has 3 aliphatic rings. The van der Waals surface area contributed by atoms with Gasteiger partial charge in [0, 0.05) is 31.1 Å². The summed E-state index contributed by atoms with van der Waals surface area (Å²) in [5.74, 6) is 3.81. The Morgan fingerprint density at radius 1 is 1.09 bits per heavy atom. The van der Waals surface area contributed by atoms with Crippen LogP contribution in [0.4, 0.5) is 0 Å². The summed E-state index contributed by atoms with van der Waals surface area (Å²) in [6.07, 6.45) is 6.39. The van der Waals surface area contributed by atoms with Crippen LogP contribution in [0.2, 0.25) is 0 Å². The third-order valence-electron chi connectivity index (χ3n) is 4.85. The molecular formula is C16H18N6O. The van der Waals surface area contributed by atoms with E-state index in [0.29, 0.717) is 30.6 Å². The molecule has 0 N–H and O–H groups in total. The maximum absolute atomic E-state index is 12.7. The van der Waals surface area contributed by atoms with E-state index in [1.807, 2.05) is 4.90 Å². The second kappa shape index (κ2) is 4.84. The molecule has 2 aromatic rings. The number of amides is 1. The van der Waals surface area contributed by atoms with E-state index in [4.69, 9.17) is 0 Å². The summed E-state index contributed by atoms with van der Waals surface area (Å²) in [6, 6.07) is 1.71. The van der Waals surface area contributed by atoms with E-state index in [2.05, 4.69) is 24.7 Å². The van der Waals surface area contributed by atoms with E-state index >= 15 is 0 Å². The minimum atomic E-state index is -0.0310. The molecule has 3 heterocycles. The molecule has 1 amide bonds. The Morgan fingerprint density at radius 2 is 1.91 bits per heavy atom. The molecule has 0 saturated heterocycles. The van der Waals surface area contributed by atoms with E-state index in [9.17, 15) is 4.79 Å². The SMILES string of the molecule is O=C(c1ccnc(C2CC2)n1)N1CCn2c(nnc2C2CC2)C1. The van der Waals surface area contributed by atoms with Gasteiger partial charge in [-0.15, -0.1) is 10.2 Å². The summed E-state index contributed by atoms with van der Waals surface area (Å²) in [4.78, 5) is 23.3. The lowest BCUT2D eigenvalue weighted by molar-refractivity contribution is 0.0700. The minimum absolute atomic E-state index is 0.0310. The Kier molecular flexibility index (Phi) is 2.77. The van der Waals surface area contributed by atoms with Gasteiger partial charge in [0.05, 0.1) is 6.54 Å². The highest BCUT2D eigenvalue weighted by atomic mass is 16.2. The van der Waals surface area contributed by atoms with Crippen molar-refractivity contribution in [3.8, 4) is 0 Å². The monoisotopic (exact) mass is 310 g/mol. The van der Waals surface area contributed by atoms with E-state index in [-0.39, 0.29) is 5.91 Å². The first-order valence-electron chi connectivity index (χ1n) is 8.34. The van der Waals surface area contributed by atoms with Crippen molar-refractivity contribution < 1.29 is 4.79 Å². The Hall–Kier alpha value is -2.31. The second-order valence-corrected chi connectivity index (χ2v) is 6.70. The zero-order chi connectivity index (χ0) is 15.4. The van der Waals surface area contributed by atoms with Crippen LogP contribution >= 0.6 is 0 Å². The van der Waals surface area contributed by atoms with Crippen molar-refractivity contribution in [3.63, 3.8) is 0 Å². The van der Waals surface area contributed by atoms with Crippen molar-refractivity contribution in [1.82, 2.24) is 29.6 Å². The molecule has 5 rings (SSSR count). The maximum Gasteiger partial charge on any atom is 0.273 e. The predicted molar refractivity (Wildman–Crippen MR) is 80.7 cm³/mol. The van der Waals surface area contributed by atoms with Crippen molar-refractivity contribution in [1.29, 1.82) is 0 Å². The zero-order valence-electron chi connectivity index (χ0n) is 12.9. The number of carbonyl (C=O) groups is 1. The van der Waals surface area contributed by atoms with Gasteiger partial charge < -0.3 is 9.47 Å². The van der Waals surface area contributed by atoms with E-state index in [1.165, 1.54) is 12.8 Å². The molecular weight excluding hydrogens is 292 g/mol. The smallest absolute Gasteiger partial charge is 0.273 e. The highest BCUT2D eigenvalue weighted by Gasteiger charge is 2.33. The normalized spacial score (nSPS) is 20.4. The largest absolute Gasteiger partial charge is 0.328 e. The molecule has 23 heavy (non-hydrogen) atoms. The van der Waals surface area contributed by atoms with Crippen LogP contribution < -0.4 is 0 Å². The molecule has 7 heteroatoms.